The van der Waals surface area contributed by atoms with E-state index in [1.807, 2.05) is 17.9 Å². The number of aliphatic imine (C=N–C) groups is 1. The molecule has 0 spiro atoms. The van der Waals surface area contributed by atoms with E-state index in [0.717, 1.165) is 6.07 Å². The average molecular weight is 435 g/mol. The van der Waals surface area contributed by atoms with Gasteiger partial charge in [0.05, 0.1) is 24.4 Å². The summed E-state index contributed by atoms with van der Waals surface area (Å²) in [6, 6.07) is 8.08. The van der Waals surface area contributed by atoms with Crippen molar-refractivity contribution in [2.75, 3.05) is 24.5 Å². The summed E-state index contributed by atoms with van der Waals surface area (Å²) < 4.78 is 41.9. The maximum atomic E-state index is 14.7. The van der Waals surface area contributed by atoms with Crippen LogP contribution in [-0.2, 0) is 6.54 Å². The zero-order valence-electron chi connectivity index (χ0n) is 17.8. The van der Waals surface area contributed by atoms with Crippen molar-refractivity contribution >= 4 is 11.6 Å². The van der Waals surface area contributed by atoms with Crippen LogP contribution < -0.4 is 15.5 Å². The molecule has 1 unspecified atom stereocenters. The van der Waals surface area contributed by atoms with Crippen molar-refractivity contribution in [3.05, 3.63) is 65.0 Å². The molecule has 1 aliphatic heterocycles. The molecule has 5 nitrogen and oxygen atoms in total. The smallest absolute Gasteiger partial charge is 0.192 e. The van der Waals surface area contributed by atoms with Crippen molar-refractivity contribution in [2.24, 2.45) is 4.99 Å². The Bertz CT molecular complexity index is 914. The van der Waals surface area contributed by atoms with Gasteiger partial charge in [0.2, 0.25) is 0 Å². The average Bonchev–Trinajstić information content (AvgIpc) is 2.73. The van der Waals surface area contributed by atoms with E-state index >= 15 is 0 Å². The summed E-state index contributed by atoms with van der Waals surface area (Å²) in [5, 5.41) is 15.8. The second kappa shape index (κ2) is 10.5. The highest BCUT2D eigenvalue weighted by Gasteiger charge is 2.20. The number of rotatable bonds is 6. The second-order valence-corrected chi connectivity index (χ2v) is 7.73. The van der Waals surface area contributed by atoms with Gasteiger partial charge in [0.25, 0.3) is 0 Å². The highest BCUT2D eigenvalue weighted by Crippen LogP contribution is 2.24. The minimum atomic E-state index is -0.626. The number of nitrogens with zero attached hydrogens (tertiary/aromatic N) is 2. The highest BCUT2D eigenvalue weighted by molar-refractivity contribution is 5.80. The van der Waals surface area contributed by atoms with Crippen LogP contribution in [0.15, 0.2) is 41.4 Å². The number of nitrogens with one attached hydrogen (secondary N) is 2. The second-order valence-electron chi connectivity index (χ2n) is 7.73. The van der Waals surface area contributed by atoms with Gasteiger partial charge in [0, 0.05) is 31.3 Å². The molecule has 0 bridgehead atoms. The molecule has 0 aliphatic carbocycles. The van der Waals surface area contributed by atoms with Crippen molar-refractivity contribution < 1.29 is 18.3 Å². The van der Waals surface area contributed by atoms with Crippen LogP contribution in [0.25, 0.3) is 0 Å². The first-order chi connectivity index (χ1) is 14.9. The van der Waals surface area contributed by atoms with Crippen LogP contribution in [0.5, 0.6) is 0 Å². The Morgan fingerprint density at radius 1 is 1.13 bits per heavy atom. The van der Waals surface area contributed by atoms with Crippen LogP contribution in [0.3, 0.4) is 0 Å². The Morgan fingerprint density at radius 2 is 1.87 bits per heavy atom. The molecule has 168 valence electrons. The fraction of sp³-hybridized carbons (Fsp3) is 0.435. The molecular formula is C23H29F3N4O. The molecule has 0 saturated carbocycles. The van der Waals surface area contributed by atoms with Gasteiger partial charge in [-0.3, -0.25) is 0 Å². The quantitative estimate of drug-likeness (QED) is 0.477. The number of aliphatic hydroxyl groups is 1. The molecule has 2 aromatic rings. The van der Waals surface area contributed by atoms with Gasteiger partial charge >= 0.3 is 0 Å². The molecule has 8 heteroatoms. The Kier molecular flexibility index (Phi) is 7.79. The maximum Gasteiger partial charge on any atom is 0.192 e. The predicted molar refractivity (Wildman–Crippen MR) is 117 cm³/mol. The molecule has 0 amide bonds. The van der Waals surface area contributed by atoms with Crippen LogP contribution in [-0.4, -0.2) is 36.8 Å². The summed E-state index contributed by atoms with van der Waals surface area (Å²) in [5.74, 6) is -1.11. The third kappa shape index (κ3) is 6.13. The first-order valence-corrected chi connectivity index (χ1v) is 10.6. The fourth-order valence-electron chi connectivity index (χ4n) is 3.64. The van der Waals surface area contributed by atoms with E-state index in [1.165, 1.54) is 18.2 Å². The summed E-state index contributed by atoms with van der Waals surface area (Å²) in [4.78, 5) is 6.42. The van der Waals surface area contributed by atoms with Gasteiger partial charge in [-0.2, -0.15) is 0 Å². The lowest BCUT2D eigenvalue weighted by atomic mass is 10.1. The van der Waals surface area contributed by atoms with Crippen molar-refractivity contribution in [3.63, 3.8) is 0 Å². The normalized spacial score (nSPS) is 16.3. The van der Waals surface area contributed by atoms with E-state index in [2.05, 4.69) is 15.6 Å². The van der Waals surface area contributed by atoms with Crippen molar-refractivity contribution in [1.29, 1.82) is 0 Å². The molecule has 1 atom stereocenters. The molecule has 0 radical (unpaired) electrons. The number of hydrogen-bond donors (Lipinski definition) is 3. The summed E-state index contributed by atoms with van der Waals surface area (Å²) in [6.45, 7) is 5.75. The van der Waals surface area contributed by atoms with Gasteiger partial charge in [0.1, 0.15) is 17.5 Å². The lowest BCUT2D eigenvalue weighted by molar-refractivity contribution is 0.145. The minimum Gasteiger partial charge on any atom is -0.393 e. The van der Waals surface area contributed by atoms with Crippen LogP contribution in [0.2, 0.25) is 0 Å². The molecule has 31 heavy (non-hydrogen) atoms. The van der Waals surface area contributed by atoms with Gasteiger partial charge in [0.15, 0.2) is 5.96 Å². The van der Waals surface area contributed by atoms with E-state index < -0.39 is 17.7 Å². The van der Waals surface area contributed by atoms with Gasteiger partial charge in [-0.05, 0) is 50.5 Å². The molecule has 2 aromatic carbocycles. The first kappa shape index (κ1) is 22.9. The van der Waals surface area contributed by atoms with Crippen LogP contribution >= 0.6 is 0 Å². The maximum absolute atomic E-state index is 14.7. The summed E-state index contributed by atoms with van der Waals surface area (Å²) in [6.07, 6.45) is 0.960. The fourth-order valence-corrected chi connectivity index (χ4v) is 3.64. The standard InChI is InChI=1S/C23H29F3N4O/c1-3-27-23(29-15(2)19-6-5-17(24)13-20(19)25)28-14-16-4-7-22(21(26)12-16)30-10-8-18(31)9-11-30/h4-7,12-13,15,18,31H,3,8-11,14H2,1-2H3,(H2,27,28,29). The number of guanidine groups is 1. The number of piperidine rings is 1. The van der Waals surface area contributed by atoms with E-state index in [0.29, 0.717) is 55.2 Å². The first-order valence-electron chi connectivity index (χ1n) is 10.6. The van der Waals surface area contributed by atoms with Gasteiger partial charge in [-0.1, -0.05) is 12.1 Å². The number of benzene rings is 2. The molecule has 3 rings (SSSR count). The van der Waals surface area contributed by atoms with Crippen molar-refractivity contribution in [2.45, 2.75) is 45.4 Å². The SMILES string of the molecule is CCNC(=NCc1ccc(N2CCC(O)CC2)c(F)c1)NC(C)c1ccc(F)cc1F. The Morgan fingerprint density at radius 3 is 2.52 bits per heavy atom. The zero-order chi connectivity index (χ0) is 22.4. The molecule has 3 N–H and O–H groups in total. The van der Waals surface area contributed by atoms with Crippen LogP contribution in [0.1, 0.15) is 43.9 Å². The number of anilines is 1. The van der Waals surface area contributed by atoms with Gasteiger partial charge in [-0.15, -0.1) is 0 Å². The largest absolute Gasteiger partial charge is 0.393 e. The molecule has 0 aromatic heterocycles. The number of hydrogen-bond acceptors (Lipinski definition) is 3. The topological polar surface area (TPSA) is 59.9 Å². The molecule has 1 fully saturated rings. The zero-order valence-corrected chi connectivity index (χ0v) is 17.8. The molecular weight excluding hydrogens is 405 g/mol. The van der Waals surface area contributed by atoms with Crippen LogP contribution in [0.4, 0.5) is 18.9 Å². The Balaban J connectivity index is 1.67. The van der Waals surface area contributed by atoms with Gasteiger partial charge in [-0.25, -0.2) is 18.2 Å². The summed E-state index contributed by atoms with van der Waals surface area (Å²) in [5.41, 5.74) is 1.57. The Hall–Kier alpha value is -2.74. The third-order valence-electron chi connectivity index (χ3n) is 5.36. The van der Waals surface area contributed by atoms with Crippen molar-refractivity contribution in [1.82, 2.24) is 10.6 Å². The Labute approximate surface area is 181 Å². The van der Waals surface area contributed by atoms with Crippen LogP contribution in [0, 0.1) is 17.5 Å². The van der Waals surface area contributed by atoms with E-state index in [1.54, 1.807) is 13.0 Å². The predicted octanol–water partition coefficient (Wildman–Crippen LogP) is 3.88. The lowest BCUT2D eigenvalue weighted by Crippen LogP contribution is -2.39. The monoisotopic (exact) mass is 434 g/mol. The lowest BCUT2D eigenvalue weighted by Gasteiger charge is -2.31. The molecule has 1 aliphatic rings. The third-order valence-corrected chi connectivity index (χ3v) is 5.36. The van der Waals surface area contributed by atoms with E-state index in [9.17, 15) is 18.3 Å². The minimum absolute atomic E-state index is 0.240. The van der Waals surface area contributed by atoms with E-state index in [-0.39, 0.29) is 18.5 Å². The molecule has 1 saturated heterocycles. The summed E-state index contributed by atoms with van der Waals surface area (Å²) in [7, 11) is 0. The van der Waals surface area contributed by atoms with Gasteiger partial charge < -0.3 is 20.6 Å². The highest BCUT2D eigenvalue weighted by atomic mass is 19.1. The van der Waals surface area contributed by atoms with Crippen molar-refractivity contribution in [3.8, 4) is 0 Å². The number of aliphatic hydroxyl groups excluding tert-OH is 1. The van der Waals surface area contributed by atoms with E-state index in [4.69, 9.17) is 0 Å². The molecule has 1 heterocycles. The number of halogens is 3. The summed E-state index contributed by atoms with van der Waals surface area (Å²) >= 11 is 0.